The molecule has 0 saturated heterocycles. The molecular weight excluding hydrogens is 381 g/mol. The van der Waals surface area contributed by atoms with Crippen LogP contribution < -0.4 is 14.8 Å². The Morgan fingerprint density at radius 1 is 1.12 bits per heavy atom. The summed E-state index contributed by atoms with van der Waals surface area (Å²) in [6.45, 7) is 1.41. The van der Waals surface area contributed by atoms with Gasteiger partial charge in [-0.15, -0.1) is 0 Å². The highest BCUT2D eigenvalue weighted by Crippen LogP contribution is 2.28. The van der Waals surface area contributed by atoms with Gasteiger partial charge in [-0.1, -0.05) is 48.3 Å². The summed E-state index contributed by atoms with van der Waals surface area (Å²) >= 11 is 11.8. The van der Waals surface area contributed by atoms with Crippen molar-refractivity contribution < 1.29 is 23.8 Å². The molecule has 0 radical (unpaired) electrons. The lowest BCUT2D eigenvalue weighted by Crippen LogP contribution is -2.35. The van der Waals surface area contributed by atoms with Crippen LogP contribution in [0.4, 0.5) is 4.79 Å². The maximum atomic E-state index is 12.1. The van der Waals surface area contributed by atoms with E-state index in [0.29, 0.717) is 22.9 Å². The predicted molar refractivity (Wildman–Crippen MR) is 97.7 cm³/mol. The molecule has 0 bridgehead atoms. The molecule has 26 heavy (non-hydrogen) atoms. The molecule has 1 unspecified atom stereocenters. The first-order valence-corrected chi connectivity index (χ1v) is 8.54. The van der Waals surface area contributed by atoms with Crippen LogP contribution in [0.2, 0.25) is 10.0 Å². The highest BCUT2D eigenvalue weighted by Gasteiger charge is 2.21. The van der Waals surface area contributed by atoms with Gasteiger partial charge >= 0.3 is 12.1 Å². The van der Waals surface area contributed by atoms with Gasteiger partial charge in [-0.05, 0) is 36.8 Å². The van der Waals surface area contributed by atoms with Gasteiger partial charge in [-0.2, -0.15) is 0 Å². The fraction of sp³-hybridized carbons (Fsp3) is 0.222. The maximum absolute atomic E-state index is 12.1. The Labute approximate surface area is 160 Å². The van der Waals surface area contributed by atoms with Crippen molar-refractivity contribution in [1.82, 2.24) is 5.32 Å². The Morgan fingerprint density at radius 3 is 2.50 bits per heavy atom. The van der Waals surface area contributed by atoms with Crippen LogP contribution in [0.25, 0.3) is 0 Å². The van der Waals surface area contributed by atoms with Crippen molar-refractivity contribution >= 4 is 35.3 Å². The average molecular weight is 398 g/mol. The molecule has 2 aromatic rings. The molecule has 1 atom stereocenters. The van der Waals surface area contributed by atoms with E-state index in [1.54, 1.807) is 49.4 Å². The summed E-state index contributed by atoms with van der Waals surface area (Å²) in [6.07, 6.45) is -1.26. The smallest absolute Gasteiger partial charge is 0.415 e. The van der Waals surface area contributed by atoms with Gasteiger partial charge in [-0.25, -0.2) is 9.59 Å². The number of carbonyl (C=O) groups is 2. The molecule has 0 heterocycles. The zero-order valence-corrected chi connectivity index (χ0v) is 15.4. The largest absolute Gasteiger partial charge is 0.477 e. The fourth-order valence-electron chi connectivity index (χ4n) is 1.91. The molecular formula is C18H17Cl2NO5. The van der Waals surface area contributed by atoms with E-state index < -0.39 is 18.2 Å². The topological polar surface area (TPSA) is 73.9 Å². The summed E-state index contributed by atoms with van der Waals surface area (Å²) < 4.78 is 15.6. The first-order chi connectivity index (χ1) is 12.5. The Balaban J connectivity index is 1.80. The van der Waals surface area contributed by atoms with Gasteiger partial charge in [0.1, 0.15) is 11.5 Å². The van der Waals surface area contributed by atoms with E-state index >= 15 is 0 Å². The minimum absolute atomic E-state index is 0.285. The Hall–Kier alpha value is -2.44. The number of ether oxygens (including phenoxy) is 3. The van der Waals surface area contributed by atoms with Crippen LogP contribution in [0.5, 0.6) is 11.5 Å². The second kappa shape index (κ2) is 9.89. The van der Waals surface area contributed by atoms with E-state index in [0.717, 1.165) is 0 Å². The quantitative estimate of drug-likeness (QED) is 0.552. The summed E-state index contributed by atoms with van der Waals surface area (Å²) in [7, 11) is 0. The van der Waals surface area contributed by atoms with Gasteiger partial charge in [0.2, 0.25) is 0 Å². The number of halogens is 2. The normalized spacial score (nSPS) is 11.3. The van der Waals surface area contributed by atoms with Crippen LogP contribution in [0.3, 0.4) is 0 Å². The molecule has 0 aliphatic carbocycles. The van der Waals surface area contributed by atoms with E-state index in [1.165, 1.54) is 6.07 Å². The monoisotopic (exact) mass is 397 g/mol. The number of carbonyl (C=O) groups excluding carboxylic acids is 2. The molecule has 8 heteroatoms. The molecule has 0 aliphatic rings. The number of nitrogens with one attached hydrogen (secondary N) is 1. The van der Waals surface area contributed by atoms with Gasteiger partial charge in [0.15, 0.2) is 12.8 Å². The zero-order chi connectivity index (χ0) is 18.9. The third kappa shape index (κ3) is 6.13. The van der Waals surface area contributed by atoms with Crippen LogP contribution in [-0.2, 0) is 9.53 Å². The standard InChI is InChI=1S/C18H17Cl2NO5/c1-2-15(26-16-9-8-12(19)10-14(16)20)17(22)24-11-21-18(23)25-13-6-4-3-5-7-13/h3-10,15H,2,11H2,1H3,(H,21,23). The molecule has 6 nitrogen and oxygen atoms in total. The van der Waals surface area contributed by atoms with Crippen molar-refractivity contribution in [2.75, 3.05) is 6.73 Å². The van der Waals surface area contributed by atoms with Crippen LogP contribution in [0.1, 0.15) is 13.3 Å². The van der Waals surface area contributed by atoms with Crippen LogP contribution in [-0.4, -0.2) is 24.9 Å². The highest BCUT2D eigenvalue weighted by atomic mass is 35.5. The maximum Gasteiger partial charge on any atom is 0.415 e. The molecule has 2 rings (SSSR count). The van der Waals surface area contributed by atoms with Crippen molar-refractivity contribution in [2.24, 2.45) is 0 Å². The number of para-hydroxylation sites is 1. The summed E-state index contributed by atoms with van der Waals surface area (Å²) in [5.74, 6) is 0.0540. The lowest BCUT2D eigenvalue weighted by molar-refractivity contribution is -0.152. The van der Waals surface area contributed by atoms with Crippen LogP contribution in [0.15, 0.2) is 48.5 Å². The molecule has 0 aliphatic heterocycles. The van der Waals surface area contributed by atoms with E-state index in [-0.39, 0.29) is 11.8 Å². The number of hydrogen-bond acceptors (Lipinski definition) is 5. The lowest BCUT2D eigenvalue weighted by atomic mass is 10.2. The van der Waals surface area contributed by atoms with Gasteiger partial charge in [0.25, 0.3) is 0 Å². The van der Waals surface area contributed by atoms with Crippen molar-refractivity contribution in [1.29, 1.82) is 0 Å². The van der Waals surface area contributed by atoms with E-state index in [4.69, 9.17) is 37.4 Å². The average Bonchev–Trinajstić information content (AvgIpc) is 2.62. The van der Waals surface area contributed by atoms with Gasteiger partial charge in [0.05, 0.1) is 5.02 Å². The van der Waals surface area contributed by atoms with Crippen molar-refractivity contribution in [2.45, 2.75) is 19.4 Å². The first kappa shape index (κ1) is 19.9. The first-order valence-electron chi connectivity index (χ1n) is 7.78. The molecule has 1 amide bonds. The molecule has 0 spiro atoms. The third-order valence-corrected chi connectivity index (χ3v) is 3.71. The van der Waals surface area contributed by atoms with Gasteiger partial charge < -0.3 is 14.2 Å². The lowest BCUT2D eigenvalue weighted by Gasteiger charge is -2.17. The number of benzene rings is 2. The Kier molecular flexibility index (Phi) is 7.56. The molecule has 0 saturated carbocycles. The molecule has 138 valence electrons. The third-order valence-electron chi connectivity index (χ3n) is 3.18. The number of rotatable bonds is 7. The van der Waals surface area contributed by atoms with Gasteiger partial charge in [0, 0.05) is 5.02 Å². The predicted octanol–water partition coefficient (Wildman–Crippen LogP) is 4.44. The fourth-order valence-corrected chi connectivity index (χ4v) is 2.37. The Bertz CT molecular complexity index is 755. The van der Waals surface area contributed by atoms with Crippen molar-refractivity contribution in [3.63, 3.8) is 0 Å². The van der Waals surface area contributed by atoms with E-state index in [2.05, 4.69) is 5.32 Å². The van der Waals surface area contributed by atoms with Crippen molar-refractivity contribution in [3.05, 3.63) is 58.6 Å². The molecule has 1 N–H and O–H groups in total. The zero-order valence-electron chi connectivity index (χ0n) is 13.9. The number of esters is 1. The number of amides is 1. The second-order valence-corrected chi connectivity index (χ2v) is 5.92. The SMILES string of the molecule is CCC(Oc1ccc(Cl)cc1Cl)C(=O)OCNC(=O)Oc1ccccc1. The Morgan fingerprint density at radius 2 is 1.85 bits per heavy atom. The highest BCUT2D eigenvalue weighted by molar-refractivity contribution is 6.35. The summed E-state index contributed by atoms with van der Waals surface area (Å²) in [5, 5.41) is 3.06. The molecule has 0 fully saturated rings. The number of hydrogen-bond donors (Lipinski definition) is 1. The molecule has 2 aromatic carbocycles. The summed E-state index contributed by atoms with van der Waals surface area (Å²) in [6, 6.07) is 13.2. The minimum Gasteiger partial charge on any atom is -0.477 e. The van der Waals surface area contributed by atoms with E-state index in [1.807, 2.05) is 0 Å². The summed E-state index contributed by atoms with van der Waals surface area (Å²) in [5.41, 5.74) is 0. The minimum atomic E-state index is -0.874. The van der Waals surface area contributed by atoms with Crippen LogP contribution >= 0.6 is 23.2 Å². The van der Waals surface area contributed by atoms with Crippen LogP contribution in [0, 0.1) is 0 Å². The van der Waals surface area contributed by atoms with Gasteiger partial charge in [-0.3, -0.25) is 5.32 Å². The van der Waals surface area contributed by atoms with E-state index in [9.17, 15) is 9.59 Å². The second-order valence-electron chi connectivity index (χ2n) is 5.08. The molecule has 0 aromatic heterocycles. The van der Waals surface area contributed by atoms with Crippen molar-refractivity contribution in [3.8, 4) is 11.5 Å². The summed E-state index contributed by atoms with van der Waals surface area (Å²) in [4.78, 5) is 23.7.